The zero-order chi connectivity index (χ0) is 14.0. The van der Waals surface area contributed by atoms with E-state index in [0.717, 1.165) is 18.8 Å². The lowest BCUT2D eigenvalue weighted by molar-refractivity contribution is -0.384. The van der Waals surface area contributed by atoms with Crippen LogP contribution in [-0.2, 0) is 0 Å². The van der Waals surface area contributed by atoms with E-state index in [4.69, 9.17) is 5.84 Å². The molecule has 0 spiro atoms. The lowest BCUT2D eigenvalue weighted by Gasteiger charge is -2.36. The fraction of sp³-hybridized carbons (Fsp3) is 0.538. The molecule has 0 aromatic heterocycles. The van der Waals surface area contributed by atoms with Crippen LogP contribution in [0.15, 0.2) is 18.2 Å². The highest BCUT2D eigenvalue weighted by molar-refractivity contribution is 5.64. The van der Waals surface area contributed by atoms with Crippen molar-refractivity contribution in [1.29, 1.82) is 0 Å². The Balaban J connectivity index is 2.32. The van der Waals surface area contributed by atoms with Crippen molar-refractivity contribution in [3.63, 3.8) is 0 Å². The van der Waals surface area contributed by atoms with Crippen LogP contribution in [0.3, 0.4) is 0 Å². The quantitative estimate of drug-likeness (QED) is 0.497. The van der Waals surface area contributed by atoms with Gasteiger partial charge in [0.05, 0.1) is 10.6 Å². The number of benzene rings is 1. The molecule has 1 aliphatic heterocycles. The van der Waals surface area contributed by atoms with E-state index in [2.05, 4.69) is 24.2 Å². The fourth-order valence-corrected chi connectivity index (χ4v) is 2.84. The van der Waals surface area contributed by atoms with Gasteiger partial charge < -0.3 is 10.3 Å². The molecule has 3 N–H and O–H groups in total. The lowest BCUT2D eigenvalue weighted by atomic mass is 9.91. The van der Waals surface area contributed by atoms with E-state index in [9.17, 15) is 10.1 Å². The maximum atomic E-state index is 11.0. The second kappa shape index (κ2) is 5.44. The highest BCUT2D eigenvalue weighted by Gasteiger charge is 2.23. The first-order valence-electron chi connectivity index (χ1n) is 6.50. The molecule has 1 saturated heterocycles. The van der Waals surface area contributed by atoms with Crippen LogP contribution in [0.5, 0.6) is 0 Å². The summed E-state index contributed by atoms with van der Waals surface area (Å²) in [5.74, 6) is 6.57. The van der Waals surface area contributed by atoms with Crippen LogP contribution in [0.1, 0.15) is 20.3 Å². The minimum atomic E-state index is -0.388. The van der Waals surface area contributed by atoms with Gasteiger partial charge in [-0.15, -0.1) is 0 Å². The van der Waals surface area contributed by atoms with E-state index in [1.807, 2.05) is 6.07 Å². The van der Waals surface area contributed by atoms with E-state index >= 15 is 0 Å². The van der Waals surface area contributed by atoms with Crippen LogP contribution in [-0.4, -0.2) is 18.0 Å². The van der Waals surface area contributed by atoms with Gasteiger partial charge in [0.2, 0.25) is 0 Å². The summed E-state index contributed by atoms with van der Waals surface area (Å²) in [7, 11) is 0. The minimum Gasteiger partial charge on any atom is -0.371 e. The van der Waals surface area contributed by atoms with Crippen molar-refractivity contribution >= 4 is 17.1 Å². The molecule has 6 heteroatoms. The number of hydrogen-bond donors (Lipinski definition) is 2. The lowest BCUT2D eigenvalue weighted by Crippen LogP contribution is -2.38. The third-order valence-electron chi connectivity index (χ3n) is 3.51. The fourth-order valence-electron chi connectivity index (χ4n) is 2.84. The van der Waals surface area contributed by atoms with Gasteiger partial charge in [0.25, 0.3) is 5.69 Å². The minimum absolute atomic E-state index is 0.0660. The molecule has 6 nitrogen and oxygen atoms in total. The summed E-state index contributed by atoms with van der Waals surface area (Å²) in [6.07, 6.45) is 1.20. The van der Waals surface area contributed by atoms with E-state index in [1.165, 1.54) is 12.5 Å². The molecule has 1 fully saturated rings. The molecular formula is C13H20N4O2. The Morgan fingerprint density at radius 2 is 1.95 bits per heavy atom. The van der Waals surface area contributed by atoms with E-state index in [0.29, 0.717) is 17.5 Å². The number of anilines is 2. The normalized spacial score (nSPS) is 23.2. The number of nitrogen functional groups attached to an aromatic ring is 1. The number of nitrogens with two attached hydrogens (primary N) is 1. The molecular weight excluding hydrogens is 244 g/mol. The molecule has 0 radical (unpaired) electrons. The SMILES string of the molecule is CC1CC(C)CN(c2cc(NN)cc([N+](=O)[O-])c2)C1. The first-order valence-corrected chi connectivity index (χ1v) is 6.50. The van der Waals surface area contributed by atoms with Gasteiger partial charge in [0.1, 0.15) is 0 Å². The first-order chi connectivity index (χ1) is 8.99. The van der Waals surface area contributed by atoms with Gasteiger partial charge in [-0.2, -0.15) is 0 Å². The summed E-state index contributed by atoms with van der Waals surface area (Å²) in [4.78, 5) is 12.8. The number of nitrogens with one attached hydrogen (secondary N) is 1. The molecule has 1 aliphatic rings. The van der Waals surface area contributed by atoms with Crippen molar-refractivity contribution < 1.29 is 4.92 Å². The largest absolute Gasteiger partial charge is 0.371 e. The third-order valence-corrected chi connectivity index (χ3v) is 3.51. The van der Waals surface area contributed by atoms with Crippen LogP contribution in [0, 0.1) is 22.0 Å². The summed E-state index contributed by atoms with van der Waals surface area (Å²) in [6, 6.07) is 4.92. The van der Waals surface area contributed by atoms with Crippen LogP contribution in [0.4, 0.5) is 17.1 Å². The van der Waals surface area contributed by atoms with Gasteiger partial charge in [-0.3, -0.25) is 16.0 Å². The standard InChI is InChI=1S/C13H20N4O2/c1-9-3-10(2)8-16(7-9)12-4-11(15-14)5-13(6-12)17(18)19/h4-6,9-10,15H,3,7-8,14H2,1-2H3. The van der Waals surface area contributed by atoms with Gasteiger partial charge in [0.15, 0.2) is 0 Å². The van der Waals surface area contributed by atoms with Crippen LogP contribution >= 0.6 is 0 Å². The molecule has 1 aromatic rings. The second-order valence-electron chi connectivity index (χ2n) is 5.49. The summed E-state index contributed by atoms with van der Waals surface area (Å²) < 4.78 is 0. The van der Waals surface area contributed by atoms with Gasteiger partial charge in [0, 0.05) is 30.9 Å². The number of nitro benzene ring substituents is 1. The van der Waals surface area contributed by atoms with E-state index < -0.39 is 0 Å². The van der Waals surface area contributed by atoms with Crippen molar-refractivity contribution in [2.45, 2.75) is 20.3 Å². The number of rotatable bonds is 3. The number of hydrogen-bond acceptors (Lipinski definition) is 5. The molecule has 1 aromatic carbocycles. The molecule has 0 amide bonds. The topological polar surface area (TPSA) is 84.4 Å². The Morgan fingerprint density at radius 3 is 2.47 bits per heavy atom. The number of hydrazine groups is 1. The molecule has 2 unspecified atom stereocenters. The van der Waals surface area contributed by atoms with E-state index in [-0.39, 0.29) is 10.6 Å². The zero-order valence-corrected chi connectivity index (χ0v) is 11.3. The van der Waals surface area contributed by atoms with Gasteiger partial charge in [-0.25, -0.2) is 0 Å². The highest BCUT2D eigenvalue weighted by Crippen LogP contribution is 2.31. The highest BCUT2D eigenvalue weighted by atomic mass is 16.6. The maximum absolute atomic E-state index is 11.0. The van der Waals surface area contributed by atoms with Crippen molar-refractivity contribution in [3.8, 4) is 0 Å². The predicted octanol–water partition coefficient (Wildman–Crippen LogP) is 2.36. The maximum Gasteiger partial charge on any atom is 0.273 e. The Hall–Kier alpha value is -1.82. The van der Waals surface area contributed by atoms with Crippen LogP contribution < -0.4 is 16.2 Å². The molecule has 0 bridgehead atoms. The number of non-ortho nitro benzene ring substituents is 1. The number of nitrogens with zero attached hydrogens (tertiary/aromatic N) is 2. The van der Waals surface area contributed by atoms with Crippen molar-refractivity contribution in [2.24, 2.45) is 17.7 Å². The van der Waals surface area contributed by atoms with E-state index in [1.54, 1.807) is 6.07 Å². The van der Waals surface area contributed by atoms with Gasteiger partial charge >= 0.3 is 0 Å². The number of nitro groups is 1. The molecule has 0 saturated carbocycles. The molecule has 19 heavy (non-hydrogen) atoms. The molecule has 0 aliphatic carbocycles. The Morgan fingerprint density at radius 1 is 1.32 bits per heavy atom. The summed E-state index contributed by atoms with van der Waals surface area (Å²) in [6.45, 7) is 6.27. The van der Waals surface area contributed by atoms with Crippen LogP contribution in [0.2, 0.25) is 0 Å². The molecule has 2 rings (SSSR count). The summed E-state index contributed by atoms with van der Waals surface area (Å²) >= 11 is 0. The monoisotopic (exact) mass is 264 g/mol. The first kappa shape index (κ1) is 13.6. The summed E-state index contributed by atoms with van der Waals surface area (Å²) in [5, 5.41) is 11.0. The van der Waals surface area contributed by atoms with Crippen molar-refractivity contribution in [1.82, 2.24) is 0 Å². The Kier molecular flexibility index (Phi) is 3.90. The van der Waals surface area contributed by atoms with Gasteiger partial charge in [-0.1, -0.05) is 13.8 Å². The Bertz CT molecular complexity index is 468. The second-order valence-corrected chi connectivity index (χ2v) is 5.49. The predicted molar refractivity (Wildman–Crippen MR) is 76.1 cm³/mol. The molecule has 2 atom stereocenters. The average Bonchev–Trinajstić information content (AvgIpc) is 2.37. The third kappa shape index (κ3) is 3.14. The molecule has 1 heterocycles. The Labute approximate surface area is 112 Å². The molecule has 104 valence electrons. The smallest absolute Gasteiger partial charge is 0.273 e. The van der Waals surface area contributed by atoms with Gasteiger partial charge in [-0.05, 0) is 24.3 Å². The van der Waals surface area contributed by atoms with Crippen molar-refractivity contribution in [2.75, 3.05) is 23.4 Å². The van der Waals surface area contributed by atoms with Crippen LogP contribution in [0.25, 0.3) is 0 Å². The number of piperidine rings is 1. The average molecular weight is 264 g/mol. The zero-order valence-electron chi connectivity index (χ0n) is 11.3. The summed E-state index contributed by atoms with van der Waals surface area (Å²) in [5.41, 5.74) is 3.99. The van der Waals surface area contributed by atoms with Crippen molar-refractivity contribution in [3.05, 3.63) is 28.3 Å².